The minimum absolute atomic E-state index is 0.118. The van der Waals surface area contributed by atoms with Crippen molar-refractivity contribution < 1.29 is 19.1 Å². The Balaban J connectivity index is 1.62. The number of carbonyl (C=O) groups is 3. The van der Waals surface area contributed by atoms with Crippen LogP contribution in [-0.2, 0) is 22.4 Å². The van der Waals surface area contributed by atoms with Crippen molar-refractivity contribution in [2.45, 2.75) is 56.8 Å². The second-order valence-corrected chi connectivity index (χ2v) is 9.80. The fourth-order valence-electron chi connectivity index (χ4n) is 3.52. The minimum Gasteiger partial charge on any atom is -0.453 e. The summed E-state index contributed by atoms with van der Waals surface area (Å²) < 4.78 is 4.56. The minimum atomic E-state index is -0.802. The van der Waals surface area contributed by atoms with E-state index in [0.717, 1.165) is 54.7 Å². The molecule has 31 heavy (non-hydrogen) atoms. The Morgan fingerprint density at radius 1 is 1.10 bits per heavy atom. The SMILES string of the molecule is COC(=O)NC(=O)c1c(NC(=O)CCCSc2ccc(C)cc2)sc2c1CCCCC2. The summed E-state index contributed by atoms with van der Waals surface area (Å²) in [6, 6.07) is 8.34. The highest BCUT2D eigenvalue weighted by molar-refractivity contribution is 7.99. The summed E-state index contributed by atoms with van der Waals surface area (Å²) in [6.07, 6.45) is 5.14. The predicted octanol–water partition coefficient (Wildman–Crippen LogP) is 5.33. The van der Waals surface area contributed by atoms with Gasteiger partial charge >= 0.3 is 6.09 Å². The van der Waals surface area contributed by atoms with Crippen molar-refractivity contribution in [2.24, 2.45) is 0 Å². The topological polar surface area (TPSA) is 84.5 Å². The lowest BCUT2D eigenvalue weighted by Crippen LogP contribution is -2.31. The highest BCUT2D eigenvalue weighted by atomic mass is 32.2. The lowest BCUT2D eigenvalue weighted by molar-refractivity contribution is -0.116. The van der Waals surface area contributed by atoms with E-state index < -0.39 is 12.0 Å². The molecule has 2 aromatic rings. The number of methoxy groups -OCH3 is 1. The van der Waals surface area contributed by atoms with Crippen molar-refractivity contribution in [1.29, 1.82) is 0 Å². The number of amides is 3. The molecule has 1 aliphatic carbocycles. The molecule has 8 heteroatoms. The molecule has 3 rings (SSSR count). The Morgan fingerprint density at radius 2 is 1.84 bits per heavy atom. The molecule has 0 bridgehead atoms. The molecular weight excluding hydrogens is 432 g/mol. The van der Waals surface area contributed by atoms with Crippen LogP contribution in [0.2, 0.25) is 0 Å². The number of hydrogen-bond donors (Lipinski definition) is 2. The Kier molecular flexibility index (Phi) is 8.54. The van der Waals surface area contributed by atoms with E-state index in [9.17, 15) is 14.4 Å². The van der Waals surface area contributed by atoms with Crippen LogP contribution in [0.25, 0.3) is 0 Å². The van der Waals surface area contributed by atoms with Gasteiger partial charge in [-0.1, -0.05) is 24.1 Å². The van der Waals surface area contributed by atoms with Crippen LogP contribution in [0, 0.1) is 6.92 Å². The molecule has 0 unspecified atom stereocenters. The molecule has 2 N–H and O–H groups in total. The summed E-state index contributed by atoms with van der Waals surface area (Å²) in [6.45, 7) is 2.06. The molecule has 166 valence electrons. The molecule has 0 aliphatic heterocycles. The van der Waals surface area contributed by atoms with Crippen LogP contribution in [0.4, 0.5) is 9.80 Å². The predicted molar refractivity (Wildman–Crippen MR) is 125 cm³/mol. The Labute approximate surface area is 191 Å². The van der Waals surface area contributed by atoms with Crippen molar-refractivity contribution in [2.75, 3.05) is 18.2 Å². The summed E-state index contributed by atoms with van der Waals surface area (Å²) in [4.78, 5) is 39.2. The van der Waals surface area contributed by atoms with Crippen molar-refractivity contribution in [3.63, 3.8) is 0 Å². The third kappa shape index (κ3) is 6.58. The Morgan fingerprint density at radius 3 is 2.58 bits per heavy atom. The van der Waals surface area contributed by atoms with Crippen LogP contribution in [0.1, 0.15) is 58.5 Å². The van der Waals surface area contributed by atoms with E-state index >= 15 is 0 Å². The van der Waals surface area contributed by atoms with Gasteiger partial charge in [0.2, 0.25) is 5.91 Å². The highest BCUT2D eigenvalue weighted by Crippen LogP contribution is 2.37. The molecule has 1 aliphatic rings. The maximum Gasteiger partial charge on any atom is 0.413 e. The van der Waals surface area contributed by atoms with Gasteiger partial charge in [0.15, 0.2) is 0 Å². The number of fused-ring (bicyclic) bond motifs is 1. The van der Waals surface area contributed by atoms with E-state index in [1.807, 2.05) is 0 Å². The average Bonchev–Trinajstić information content (AvgIpc) is 2.92. The number of anilines is 1. The molecule has 1 aromatic heterocycles. The first-order valence-corrected chi connectivity index (χ1v) is 12.3. The molecule has 1 aromatic carbocycles. The van der Waals surface area contributed by atoms with Crippen LogP contribution in [-0.4, -0.2) is 30.8 Å². The fourth-order valence-corrected chi connectivity index (χ4v) is 5.68. The fraction of sp³-hybridized carbons (Fsp3) is 0.435. The van der Waals surface area contributed by atoms with E-state index in [2.05, 4.69) is 46.6 Å². The van der Waals surface area contributed by atoms with Gasteiger partial charge < -0.3 is 10.1 Å². The smallest absolute Gasteiger partial charge is 0.413 e. The van der Waals surface area contributed by atoms with E-state index in [0.29, 0.717) is 17.0 Å². The van der Waals surface area contributed by atoms with Crippen molar-refractivity contribution in [1.82, 2.24) is 5.32 Å². The second kappa shape index (κ2) is 11.3. The summed E-state index contributed by atoms with van der Waals surface area (Å²) in [7, 11) is 1.22. The summed E-state index contributed by atoms with van der Waals surface area (Å²) in [5, 5.41) is 5.70. The van der Waals surface area contributed by atoms with Crippen molar-refractivity contribution >= 4 is 46.0 Å². The van der Waals surface area contributed by atoms with Gasteiger partial charge in [-0.15, -0.1) is 23.1 Å². The number of rotatable bonds is 7. The van der Waals surface area contributed by atoms with Gasteiger partial charge in [0.1, 0.15) is 5.00 Å². The molecule has 0 saturated heterocycles. The average molecular weight is 461 g/mol. The van der Waals surface area contributed by atoms with E-state index in [4.69, 9.17) is 0 Å². The number of alkyl carbamates (subject to hydrolysis) is 1. The summed E-state index contributed by atoms with van der Waals surface area (Å²) >= 11 is 3.18. The molecule has 6 nitrogen and oxygen atoms in total. The Bertz CT molecular complexity index is 938. The van der Waals surface area contributed by atoms with Crippen molar-refractivity contribution in [3.05, 3.63) is 45.8 Å². The largest absolute Gasteiger partial charge is 0.453 e. The zero-order chi connectivity index (χ0) is 22.2. The number of nitrogens with one attached hydrogen (secondary N) is 2. The number of ether oxygens (including phenoxy) is 1. The van der Waals surface area contributed by atoms with E-state index in [1.165, 1.54) is 28.9 Å². The molecule has 1 heterocycles. The van der Waals surface area contributed by atoms with Gasteiger partial charge in [0, 0.05) is 16.2 Å². The van der Waals surface area contributed by atoms with Crippen LogP contribution in [0.3, 0.4) is 0 Å². The molecule has 0 spiro atoms. The zero-order valence-electron chi connectivity index (χ0n) is 17.9. The van der Waals surface area contributed by atoms with Crippen LogP contribution >= 0.6 is 23.1 Å². The van der Waals surface area contributed by atoms with Crippen LogP contribution < -0.4 is 10.6 Å². The summed E-state index contributed by atoms with van der Waals surface area (Å²) in [5.74, 6) is 0.206. The zero-order valence-corrected chi connectivity index (χ0v) is 19.5. The maximum absolute atomic E-state index is 12.7. The van der Waals surface area contributed by atoms with Crippen LogP contribution in [0.5, 0.6) is 0 Å². The number of benzene rings is 1. The van der Waals surface area contributed by atoms with Gasteiger partial charge in [-0.25, -0.2) is 4.79 Å². The number of imide groups is 1. The first kappa shape index (κ1) is 23.3. The number of hydrogen-bond acceptors (Lipinski definition) is 6. The number of aryl methyl sites for hydroxylation is 2. The standard InChI is InChI=1S/C23H28N2O4S2/c1-15-10-12-16(13-11-15)30-14-6-9-19(26)24-22-20(21(27)25-23(28)29-2)17-7-4-3-5-8-18(17)31-22/h10-13H,3-9,14H2,1-2H3,(H,24,26)(H,25,27,28). The van der Waals surface area contributed by atoms with Crippen LogP contribution in [0.15, 0.2) is 29.2 Å². The number of thiophene rings is 1. The maximum atomic E-state index is 12.7. The van der Waals surface area contributed by atoms with E-state index in [1.54, 1.807) is 11.8 Å². The monoisotopic (exact) mass is 460 g/mol. The van der Waals surface area contributed by atoms with Gasteiger partial charge in [-0.05, 0) is 62.5 Å². The molecule has 0 fully saturated rings. The quantitative estimate of drug-likeness (QED) is 0.331. The first-order valence-electron chi connectivity index (χ1n) is 10.5. The lowest BCUT2D eigenvalue weighted by atomic mass is 10.0. The molecule has 0 radical (unpaired) electrons. The van der Waals surface area contributed by atoms with Gasteiger partial charge in [0.25, 0.3) is 5.91 Å². The third-order valence-electron chi connectivity index (χ3n) is 5.14. The molecule has 0 saturated carbocycles. The van der Waals surface area contributed by atoms with Gasteiger partial charge in [-0.3, -0.25) is 14.9 Å². The third-order valence-corrected chi connectivity index (χ3v) is 7.45. The summed E-state index contributed by atoms with van der Waals surface area (Å²) in [5.41, 5.74) is 2.59. The normalized spacial score (nSPS) is 13.1. The lowest BCUT2D eigenvalue weighted by Gasteiger charge is -2.09. The molecular formula is C23H28N2O4S2. The van der Waals surface area contributed by atoms with Gasteiger partial charge in [-0.2, -0.15) is 0 Å². The van der Waals surface area contributed by atoms with Crippen molar-refractivity contribution in [3.8, 4) is 0 Å². The van der Waals surface area contributed by atoms with E-state index in [-0.39, 0.29) is 5.91 Å². The number of carbonyl (C=O) groups excluding carboxylic acids is 3. The number of thioether (sulfide) groups is 1. The Hall–Kier alpha value is -2.32. The molecule has 0 atom stereocenters. The highest BCUT2D eigenvalue weighted by Gasteiger charge is 2.26. The second-order valence-electron chi connectivity index (χ2n) is 7.53. The molecule has 3 amide bonds. The van der Waals surface area contributed by atoms with Gasteiger partial charge in [0.05, 0.1) is 12.7 Å². The first-order chi connectivity index (χ1) is 15.0.